The van der Waals surface area contributed by atoms with E-state index in [9.17, 15) is 44.7 Å². The van der Waals surface area contributed by atoms with Gasteiger partial charge in [-0.3, -0.25) is 20.2 Å². The Labute approximate surface area is 215 Å². The number of nitrogens with one attached hydrogen (secondary N) is 2. The first kappa shape index (κ1) is 27.6. The predicted molar refractivity (Wildman–Crippen MR) is 126 cm³/mol. The van der Waals surface area contributed by atoms with E-state index >= 15 is 0 Å². The summed E-state index contributed by atoms with van der Waals surface area (Å²) >= 11 is 1.11. The van der Waals surface area contributed by atoms with Crippen molar-refractivity contribution in [2.45, 2.75) is 37.5 Å². The fraction of sp³-hybridized carbons (Fsp3) is 0.273. The van der Waals surface area contributed by atoms with Crippen molar-refractivity contribution in [3.63, 3.8) is 0 Å². The van der Waals surface area contributed by atoms with Gasteiger partial charge in [0, 0.05) is 0 Å². The first-order valence-electron chi connectivity index (χ1n) is 10.4. The number of hydrogen-bond acceptors (Lipinski definition) is 6. The van der Waals surface area contributed by atoms with Crippen molar-refractivity contribution >= 4 is 65.2 Å². The zero-order chi connectivity index (χ0) is 28.3. The number of alkyl halides is 8. The summed E-state index contributed by atoms with van der Waals surface area (Å²) in [5.41, 5.74) is 1.72. The Morgan fingerprint density at radius 3 is 1.34 bits per heavy atom. The molecule has 0 aliphatic heterocycles. The topological polar surface area (TPSA) is 84.0 Å². The molecular formula is C22H14F8N4O2S2. The number of carbonyl (C=O) groups is 2. The molecule has 202 valence electrons. The lowest BCUT2D eigenvalue weighted by Gasteiger charge is -2.35. The molecule has 2 aromatic heterocycles. The fourth-order valence-electron chi connectivity index (χ4n) is 3.21. The van der Waals surface area contributed by atoms with E-state index in [2.05, 4.69) is 9.97 Å². The molecule has 0 aliphatic carbocycles. The molecule has 2 N–H and O–H groups in total. The summed E-state index contributed by atoms with van der Waals surface area (Å²) in [6, 6.07) is 9.08. The van der Waals surface area contributed by atoms with Crippen LogP contribution in [0, 0.1) is 13.8 Å². The lowest BCUT2D eigenvalue weighted by Crippen LogP contribution is -2.67. The van der Waals surface area contributed by atoms with Gasteiger partial charge >= 0.3 is 35.5 Å². The Balaban J connectivity index is 1.57. The van der Waals surface area contributed by atoms with Crippen LogP contribution in [0.4, 0.5) is 45.4 Å². The van der Waals surface area contributed by atoms with Gasteiger partial charge in [-0.1, -0.05) is 34.8 Å². The average molecular weight is 582 g/mol. The van der Waals surface area contributed by atoms with Crippen molar-refractivity contribution in [3.05, 3.63) is 47.5 Å². The standard InChI is InChI=1S/C22H14F8N4O2S2/c1-9-3-5-13-11(7-9)31-17(37-13)33-15(35)19(23,24)21(27,28)22(29,30)20(25,26)16(36)34-18-32-12-8-10(2)4-6-14(12)38-18/h3-8H,1-2H3,(H,31,33,35)(H,32,34,36). The zero-order valence-corrected chi connectivity index (χ0v) is 20.6. The fourth-order valence-corrected chi connectivity index (χ4v) is 4.90. The molecule has 0 fully saturated rings. The van der Waals surface area contributed by atoms with Crippen LogP contribution in [0.5, 0.6) is 0 Å². The SMILES string of the molecule is Cc1ccc2sc(NC(=O)C(F)(F)C(F)(F)C(F)(F)C(F)(F)C(=O)Nc3nc4cc(C)ccc4s3)nc2c1. The summed E-state index contributed by atoms with van der Waals surface area (Å²) in [4.78, 5) is 31.3. The molecule has 0 radical (unpaired) electrons. The van der Waals surface area contributed by atoms with Crippen LogP contribution in [0.1, 0.15) is 11.1 Å². The van der Waals surface area contributed by atoms with Crippen LogP contribution in [-0.4, -0.2) is 45.5 Å². The van der Waals surface area contributed by atoms with Gasteiger partial charge in [0.05, 0.1) is 20.4 Å². The van der Waals surface area contributed by atoms with Crippen molar-refractivity contribution in [3.8, 4) is 0 Å². The van der Waals surface area contributed by atoms with E-state index in [4.69, 9.17) is 0 Å². The molecule has 6 nitrogen and oxygen atoms in total. The van der Waals surface area contributed by atoms with Crippen molar-refractivity contribution < 1.29 is 44.7 Å². The Morgan fingerprint density at radius 2 is 1.00 bits per heavy atom. The van der Waals surface area contributed by atoms with Crippen LogP contribution >= 0.6 is 22.7 Å². The minimum Gasteiger partial charge on any atom is -0.296 e. The Bertz CT molecular complexity index is 1450. The lowest BCUT2D eigenvalue weighted by molar-refractivity contribution is -0.345. The minimum absolute atomic E-state index is 0.180. The van der Waals surface area contributed by atoms with Gasteiger partial charge in [-0.05, 0) is 49.2 Å². The van der Waals surface area contributed by atoms with Crippen LogP contribution in [-0.2, 0) is 9.59 Å². The molecule has 0 saturated carbocycles. The predicted octanol–water partition coefficient (Wildman–Crippen LogP) is 6.64. The number of carbonyl (C=O) groups excluding carboxylic acids is 2. The highest BCUT2D eigenvalue weighted by molar-refractivity contribution is 7.22. The molecule has 2 amide bonds. The zero-order valence-electron chi connectivity index (χ0n) is 19.0. The van der Waals surface area contributed by atoms with Crippen molar-refractivity contribution in [1.29, 1.82) is 0 Å². The van der Waals surface area contributed by atoms with E-state index < -0.39 is 45.8 Å². The molecule has 0 unspecified atom stereocenters. The molecular weight excluding hydrogens is 568 g/mol. The number of fused-ring (bicyclic) bond motifs is 2. The summed E-state index contributed by atoms with van der Waals surface area (Å²) in [5, 5.41) is 1.20. The maximum Gasteiger partial charge on any atom is 0.393 e. The third-order valence-electron chi connectivity index (χ3n) is 5.28. The first-order valence-corrected chi connectivity index (χ1v) is 12.0. The van der Waals surface area contributed by atoms with E-state index in [1.54, 1.807) is 26.0 Å². The highest BCUT2D eigenvalue weighted by Crippen LogP contribution is 2.53. The molecule has 0 atom stereocenters. The second-order valence-electron chi connectivity index (χ2n) is 8.19. The molecule has 0 aliphatic rings. The van der Waals surface area contributed by atoms with E-state index in [-0.39, 0.29) is 11.0 Å². The Morgan fingerprint density at radius 1 is 0.658 bits per heavy atom. The molecule has 2 heterocycles. The lowest BCUT2D eigenvalue weighted by atomic mass is 9.97. The number of amides is 2. The number of rotatable bonds is 7. The van der Waals surface area contributed by atoms with Gasteiger partial charge in [0.15, 0.2) is 10.3 Å². The molecule has 0 bridgehead atoms. The Hall–Kier alpha value is -3.40. The van der Waals surface area contributed by atoms with Crippen molar-refractivity contribution in [2.24, 2.45) is 0 Å². The summed E-state index contributed by atoms with van der Waals surface area (Å²) in [5.74, 6) is -32.8. The van der Waals surface area contributed by atoms with Crippen LogP contribution in [0.15, 0.2) is 36.4 Å². The number of nitrogens with zero attached hydrogens (tertiary/aromatic N) is 2. The maximum absolute atomic E-state index is 14.4. The van der Waals surface area contributed by atoms with Gasteiger partial charge in [0.2, 0.25) is 0 Å². The van der Waals surface area contributed by atoms with Gasteiger partial charge in [-0.2, -0.15) is 35.1 Å². The van der Waals surface area contributed by atoms with Gasteiger partial charge < -0.3 is 0 Å². The summed E-state index contributed by atoms with van der Waals surface area (Å²) in [6.07, 6.45) is 0. The first-order chi connectivity index (χ1) is 17.5. The number of anilines is 2. The highest BCUT2D eigenvalue weighted by Gasteiger charge is 2.84. The minimum atomic E-state index is -7.01. The highest BCUT2D eigenvalue weighted by atomic mass is 32.1. The summed E-state index contributed by atoms with van der Waals surface area (Å²) in [6.45, 7) is 3.31. The van der Waals surface area contributed by atoms with Gasteiger partial charge in [0.1, 0.15) is 0 Å². The molecule has 0 spiro atoms. The summed E-state index contributed by atoms with van der Waals surface area (Å²) in [7, 11) is 0. The molecule has 4 rings (SSSR count). The van der Waals surface area contributed by atoms with Crippen LogP contribution in [0.25, 0.3) is 20.4 Å². The largest absolute Gasteiger partial charge is 0.393 e. The monoisotopic (exact) mass is 582 g/mol. The second-order valence-corrected chi connectivity index (χ2v) is 10.2. The second kappa shape index (κ2) is 9.11. The van der Waals surface area contributed by atoms with Gasteiger partial charge in [-0.25, -0.2) is 9.97 Å². The smallest absolute Gasteiger partial charge is 0.296 e. The average Bonchev–Trinajstić information content (AvgIpc) is 3.40. The molecule has 0 saturated heterocycles. The number of thiazole rings is 2. The van der Waals surface area contributed by atoms with Gasteiger partial charge in [-0.15, -0.1) is 0 Å². The van der Waals surface area contributed by atoms with Crippen molar-refractivity contribution in [1.82, 2.24) is 9.97 Å². The van der Waals surface area contributed by atoms with Crippen molar-refractivity contribution in [2.75, 3.05) is 10.6 Å². The maximum atomic E-state index is 14.4. The number of benzene rings is 2. The quantitative estimate of drug-likeness (QED) is 0.239. The van der Waals surface area contributed by atoms with Crippen LogP contribution in [0.2, 0.25) is 0 Å². The van der Waals surface area contributed by atoms with Gasteiger partial charge in [0.25, 0.3) is 0 Å². The molecule has 16 heteroatoms. The number of halogens is 8. The molecule has 4 aromatic rings. The number of aromatic nitrogens is 2. The summed E-state index contributed by atoms with van der Waals surface area (Å²) < 4.78 is 115. The molecule has 38 heavy (non-hydrogen) atoms. The van der Waals surface area contributed by atoms with Crippen LogP contribution in [0.3, 0.4) is 0 Å². The van der Waals surface area contributed by atoms with E-state index in [1.807, 2.05) is 0 Å². The normalized spacial score (nSPS) is 13.2. The number of hydrogen-bond donors (Lipinski definition) is 2. The third-order valence-corrected chi connectivity index (χ3v) is 7.18. The van der Waals surface area contributed by atoms with Crippen LogP contribution < -0.4 is 10.6 Å². The van der Waals surface area contributed by atoms with E-state index in [0.717, 1.165) is 0 Å². The van der Waals surface area contributed by atoms with E-state index in [0.29, 0.717) is 43.2 Å². The molecule has 2 aromatic carbocycles. The Kier molecular flexibility index (Phi) is 6.63. The third kappa shape index (κ3) is 4.44. The van der Waals surface area contributed by atoms with E-state index in [1.165, 1.54) is 34.9 Å². The number of aryl methyl sites for hydroxylation is 2.